The van der Waals surface area contributed by atoms with E-state index in [1.807, 2.05) is 0 Å². The second-order valence-electron chi connectivity index (χ2n) is 7.55. The van der Waals surface area contributed by atoms with Gasteiger partial charge in [-0.2, -0.15) is 0 Å². The molecule has 0 aliphatic heterocycles. The fourth-order valence-corrected chi connectivity index (χ4v) is 4.88. The van der Waals surface area contributed by atoms with Crippen molar-refractivity contribution in [2.24, 2.45) is 0 Å². The molecule has 2 heteroatoms. The maximum atomic E-state index is 5.04. The van der Waals surface area contributed by atoms with E-state index >= 15 is 0 Å². The van der Waals surface area contributed by atoms with Crippen LogP contribution >= 0.6 is 22.7 Å². The van der Waals surface area contributed by atoms with Crippen molar-refractivity contribution in [1.82, 2.24) is 0 Å². The van der Waals surface area contributed by atoms with Gasteiger partial charge in [-0.15, -0.1) is 35.5 Å². The van der Waals surface area contributed by atoms with Gasteiger partial charge in [0.25, 0.3) is 0 Å². The molecule has 2 heterocycles. The summed E-state index contributed by atoms with van der Waals surface area (Å²) in [4.78, 5) is 4.53. The van der Waals surface area contributed by atoms with Gasteiger partial charge in [-0.1, -0.05) is 11.8 Å². The zero-order chi connectivity index (χ0) is 29.8. The third-order valence-electron chi connectivity index (χ3n) is 4.71. The third-order valence-corrected chi connectivity index (χ3v) is 6.78. The van der Waals surface area contributed by atoms with Crippen LogP contribution in [0.25, 0.3) is 20.9 Å². The average Bonchev–Trinajstić information content (AvgIpc) is 3.63. The minimum Gasteiger partial charge on any atom is -0.141 e. The SMILES string of the molecule is C#CC#CC#CC#CC#CC#Cc1cc(-c2ccc(C)s2)c(C#CC#CC#CC#CC#CC#C)cc1-c1ccc(C)s1. The standard InChI is InChI=1S/C40H14S2/c1-5-7-9-11-13-15-17-19-21-23-25-35-31-38(40-30-28-34(4)42-40)36(32-37(35)39-29-27-33(3)41-39)26-24-22-20-18-16-14-12-10-8-6-2/h1-2,27-32H,3-4H3. The molecule has 0 bridgehead atoms. The zero-order valence-electron chi connectivity index (χ0n) is 22.4. The van der Waals surface area contributed by atoms with E-state index in [1.165, 1.54) is 9.75 Å². The van der Waals surface area contributed by atoms with E-state index in [4.69, 9.17) is 12.8 Å². The quantitative estimate of drug-likeness (QED) is 0.351. The highest BCUT2D eigenvalue weighted by Crippen LogP contribution is 2.37. The van der Waals surface area contributed by atoms with E-state index in [9.17, 15) is 0 Å². The summed E-state index contributed by atoms with van der Waals surface area (Å²) in [5.41, 5.74) is 3.59. The number of aryl methyl sites for hydroxylation is 2. The summed E-state index contributed by atoms with van der Waals surface area (Å²) in [6, 6.07) is 12.4. The van der Waals surface area contributed by atoms with Crippen molar-refractivity contribution in [3.8, 4) is 164 Å². The highest BCUT2D eigenvalue weighted by Gasteiger charge is 2.14. The van der Waals surface area contributed by atoms with Crippen LogP contribution < -0.4 is 0 Å². The Bertz CT molecular complexity index is 2120. The van der Waals surface area contributed by atoms with E-state index in [0.717, 1.165) is 32.0 Å². The largest absolute Gasteiger partial charge is 0.141 e. The van der Waals surface area contributed by atoms with Gasteiger partial charge in [-0.05, 0) is 169 Å². The molecule has 0 saturated carbocycles. The summed E-state index contributed by atoms with van der Waals surface area (Å²) in [6.45, 7) is 4.13. The predicted molar refractivity (Wildman–Crippen MR) is 176 cm³/mol. The lowest BCUT2D eigenvalue weighted by Crippen LogP contribution is -1.90. The first-order valence-corrected chi connectivity index (χ1v) is 13.5. The number of thiophene rings is 2. The van der Waals surface area contributed by atoms with Gasteiger partial charge in [0.2, 0.25) is 0 Å². The molecule has 0 aliphatic rings. The molecule has 3 rings (SSSR count). The summed E-state index contributed by atoms with van der Waals surface area (Å²) in [6.07, 6.45) is 10.1. The second kappa shape index (κ2) is 17.0. The van der Waals surface area contributed by atoms with Crippen LogP contribution in [-0.2, 0) is 0 Å². The van der Waals surface area contributed by atoms with Crippen LogP contribution in [0.15, 0.2) is 36.4 Å². The molecule has 0 saturated heterocycles. The van der Waals surface area contributed by atoms with Crippen molar-refractivity contribution < 1.29 is 0 Å². The number of hydrogen-bond acceptors (Lipinski definition) is 2. The fraction of sp³-hybridized carbons (Fsp3) is 0.0500. The molecule has 0 atom stereocenters. The van der Waals surface area contributed by atoms with E-state index in [1.54, 1.807) is 22.7 Å². The minimum absolute atomic E-state index is 0.832. The van der Waals surface area contributed by atoms with Gasteiger partial charge in [0.1, 0.15) is 0 Å². The van der Waals surface area contributed by atoms with Crippen LogP contribution in [0.2, 0.25) is 0 Å². The Morgan fingerprint density at radius 3 is 1.02 bits per heavy atom. The number of benzene rings is 1. The summed E-state index contributed by atoms with van der Waals surface area (Å²) in [5, 5.41) is 0. The van der Waals surface area contributed by atoms with Crippen molar-refractivity contribution >= 4 is 22.7 Å². The van der Waals surface area contributed by atoms with E-state index < -0.39 is 0 Å². The maximum absolute atomic E-state index is 5.04. The van der Waals surface area contributed by atoms with Crippen molar-refractivity contribution in [2.75, 3.05) is 0 Å². The zero-order valence-corrected chi connectivity index (χ0v) is 24.1. The first-order valence-electron chi connectivity index (χ1n) is 11.9. The lowest BCUT2D eigenvalue weighted by molar-refractivity contribution is 1.59. The van der Waals surface area contributed by atoms with Crippen molar-refractivity contribution in [1.29, 1.82) is 0 Å². The Morgan fingerprint density at radius 2 is 0.738 bits per heavy atom. The van der Waals surface area contributed by atoms with Crippen LogP contribution in [0, 0.1) is 157 Å². The van der Waals surface area contributed by atoms with Gasteiger partial charge >= 0.3 is 0 Å². The molecule has 0 unspecified atom stereocenters. The molecular weight excluding hydrogens is 545 g/mol. The molecule has 0 aliphatic carbocycles. The molecule has 186 valence electrons. The van der Waals surface area contributed by atoms with Gasteiger partial charge in [0.05, 0.1) is 0 Å². The normalized spacial score (nSPS) is 7.24. The maximum Gasteiger partial charge on any atom is 0.0358 e. The molecule has 1 aromatic carbocycles. The Labute approximate surface area is 256 Å². The van der Waals surface area contributed by atoms with Crippen LogP contribution in [0.1, 0.15) is 20.9 Å². The monoisotopic (exact) mass is 558 g/mol. The summed E-state index contributed by atoms with van der Waals surface area (Å²) in [7, 11) is 0. The van der Waals surface area contributed by atoms with Crippen molar-refractivity contribution in [3.05, 3.63) is 57.3 Å². The smallest absolute Gasteiger partial charge is 0.0358 e. The highest BCUT2D eigenvalue weighted by atomic mass is 32.1. The van der Waals surface area contributed by atoms with E-state index in [2.05, 4.69) is 180 Å². The third kappa shape index (κ3) is 9.90. The summed E-state index contributed by atoms with van der Waals surface area (Å²) < 4.78 is 0. The molecule has 2 aromatic heterocycles. The van der Waals surface area contributed by atoms with Crippen LogP contribution in [-0.4, -0.2) is 0 Å². The molecule has 42 heavy (non-hydrogen) atoms. The number of hydrogen-bond donors (Lipinski definition) is 0. The first-order chi connectivity index (χ1) is 20.6. The van der Waals surface area contributed by atoms with E-state index in [-0.39, 0.29) is 0 Å². The Balaban J connectivity index is 2.06. The number of rotatable bonds is 2. The van der Waals surface area contributed by atoms with Gasteiger partial charge < -0.3 is 0 Å². The first kappa shape index (κ1) is 29.9. The van der Waals surface area contributed by atoms with Crippen molar-refractivity contribution in [2.45, 2.75) is 13.8 Å². The Morgan fingerprint density at radius 1 is 0.429 bits per heavy atom. The van der Waals surface area contributed by atoms with Gasteiger partial charge in [0, 0.05) is 41.8 Å². The second-order valence-corrected chi connectivity index (χ2v) is 10.1. The molecule has 0 N–H and O–H groups in total. The Kier molecular flexibility index (Phi) is 12.1. The molecule has 0 radical (unpaired) electrons. The molecule has 0 fully saturated rings. The average molecular weight is 559 g/mol. The molecular formula is C40H14S2. The van der Waals surface area contributed by atoms with Gasteiger partial charge in [-0.25, -0.2) is 0 Å². The minimum atomic E-state index is 0.832. The molecule has 0 spiro atoms. The summed E-state index contributed by atoms with van der Waals surface area (Å²) >= 11 is 3.36. The van der Waals surface area contributed by atoms with Gasteiger partial charge in [-0.3, -0.25) is 0 Å². The number of terminal acetylenes is 2. The summed E-state index contributed by atoms with van der Waals surface area (Å²) in [5.74, 6) is 57.9. The van der Waals surface area contributed by atoms with Crippen molar-refractivity contribution in [3.63, 3.8) is 0 Å². The molecule has 0 nitrogen and oxygen atoms in total. The predicted octanol–water partition coefficient (Wildman–Crippen LogP) is 5.76. The molecule has 3 aromatic rings. The fourth-order valence-electron chi connectivity index (χ4n) is 3.08. The van der Waals surface area contributed by atoms with Crippen LogP contribution in [0.4, 0.5) is 0 Å². The van der Waals surface area contributed by atoms with Crippen LogP contribution in [0.5, 0.6) is 0 Å². The Hall–Kier alpha value is -6.66. The molecule has 0 amide bonds. The topological polar surface area (TPSA) is 0 Å². The lowest BCUT2D eigenvalue weighted by atomic mass is 9.96. The highest BCUT2D eigenvalue weighted by molar-refractivity contribution is 7.15. The van der Waals surface area contributed by atoms with Crippen LogP contribution in [0.3, 0.4) is 0 Å². The van der Waals surface area contributed by atoms with Gasteiger partial charge in [0.15, 0.2) is 0 Å². The lowest BCUT2D eigenvalue weighted by Gasteiger charge is -2.09. The van der Waals surface area contributed by atoms with E-state index in [0.29, 0.717) is 0 Å².